The van der Waals surface area contributed by atoms with E-state index in [-0.39, 0.29) is 12.1 Å². The molecule has 17 heavy (non-hydrogen) atoms. The van der Waals surface area contributed by atoms with E-state index in [4.69, 9.17) is 10.5 Å². The Morgan fingerprint density at radius 3 is 2.29 bits per heavy atom. The van der Waals surface area contributed by atoms with Gasteiger partial charge in [0.2, 0.25) is 0 Å². The van der Waals surface area contributed by atoms with E-state index in [1.54, 1.807) is 11.3 Å². The van der Waals surface area contributed by atoms with Crippen LogP contribution < -0.4 is 10.5 Å². The standard InChI is InChI=1S/C14H17NOS/c1-10(2)16-13-5-3-11(4-6-13)14(15)12-7-8-17-9-12/h3-10,14H,15H2,1-2H3/t14-/m0/s1. The molecule has 0 fully saturated rings. The van der Waals surface area contributed by atoms with Crippen LogP contribution in [0.5, 0.6) is 5.75 Å². The van der Waals surface area contributed by atoms with E-state index in [0.29, 0.717) is 0 Å². The summed E-state index contributed by atoms with van der Waals surface area (Å²) < 4.78 is 5.60. The zero-order valence-electron chi connectivity index (χ0n) is 10.1. The molecule has 1 aromatic heterocycles. The molecule has 2 nitrogen and oxygen atoms in total. The molecule has 0 unspecified atom stereocenters. The number of hydrogen-bond acceptors (Lipinski definition) is 3. The minimum Gasteiger partial charge on any atom is -0.491 e. The van der Waals surface area contributed by atoms with E-state index in [9.17, 15) is 0 Å². The Hall–Kier alpha value is -1.32. The highest BCUT2D eigenvalue weighted by molar-refractivity contribution is 7.08. The van der Waals surface area contributed by atoms with Crippen molar-refractivity contribution in [3.63, 3.8) is 0 Å². The Balaban J connectivity index is 2.12. The van der Waals surface area contributed by atoms with Gasteiger partial charge in [0.05, 0.1) is 12.1 Å². The average Bonchev–Trinajstić information content (AvgIpc) is 2.82. The Kier molecular flexibility index (Phi) is 3.82. The molecule has 2 N–H and O–H groups in total. The van der Waals surface area contributed by atoms with Crippen LogP contribution in [0.25, 0.3) is 0 Å². The number of hydrogen-bond donors (Lipinski definition) is 1. The van der Waals surface area contributed by atoms with Crippen LogP contribution in [0.1, 0.15) is 31.0 Å². The second-order valence-corrected chi connectivity index (χ2v) is 5.05. The minimum atomic E-state index is -0.0469. The van der Waals surface area contributed by atoms with Gasteiger partial charge in [-0.3, -0.25) is 0 Å². The van der Waals surface area contributed by atoms with E-state index in [1.165, 1.54) is 0 Å². The van der Waals surface area contributed by atoms with Crippen LogP contribution in [0.4, 0.5) is 0 Å². The van der Waals surface area contributed by atoms with E-state index < -0.39 is 0 Å². The van der Waals surface area contributed by atoms with Crippen LogP contribution in [-0.4, -0.2) is 6.10 Å². The van der Waals surface area contributed by atoms with Crippen molar-refractivity contribution in [1.29, 1.82) is 0 Å². The maximum atomic E-state index is 6.18. The average molecular weight is 247 g/mol. The van der Waals surface area contributed by atoms with E-state index in [0.717, 1.165) is 16.9 Å². The zero-order chi connectivity index (χ0) is 12.3. The van der Waals surface area contributed by atoms with Crippen LogP contribution in [-0.2, 0) is 0 Å². The molecule has 0 aliphatic heterocycles. The van der Waals surface area contributed by atoms with Gasteiger partial charge in [0, 0.05) is 0 Å². The van der Waals surface area contributed by atoms with Gasteiger partial charge in [-0.05, 0) is 53.9 Å². The first-order valence-electron chi connectivity index (χ1n) is 5.71. The third-order valence-corrected chi connectivity index (χ3v) is 3.21. The zero-order valence-corrected chi connectivity index (χ0v) is 10.9. The number of ether oxygens (including phenoxy) is 1. The van der Waals surface area contributed by atoms with Crippen LogP contribution in [0.15, 0.2) is 41.1 Å². The molecule has 1 heterocycles. The topological polar surface area (TPSA) is 35.2 Å². The Labute approximate surface area is 106 Å². The van der Waals surface area contributed by atoms with Gasteiger partial charge >= 0.3 is 0 Å². The number of nitrogens with two attached hydrogens (primary N) is 1. The Morgan fingerprint density at radius 2 is 1.76 bits per heavy atom. The summed E-state index contributed by atoms with van der Waals surface area (Å²) >= 11 is 1.67. The quantitative estimate of drug-likeness (QED) is 0.896. The van der Waals surface area contributed by atoms with Crippen LogP contribution >= 0.6 is 11.3 Å². The third-order valence-electron chi connectivity index (χ3n) is 2.51. The van der Waals surface area contributed by atoms with E-state index in [2.05, 4.69) is 11.4 Å². The second-order valence-electron chi connectivity index (χ2n) is 4.27. The summed E-state index contributed by atoms with van der Waals surface area (Å²) in [5.74, 6) is 0.890. The maximum absolute atomic E-state index is 6.18. The lowest BCUT2D eigenvalue weighted by Crippen LogP contribution is -2.11. The summed E-state index contributed by atoms with van der Waals surface area (Å²) in [6, 6.07) is 10.0. The van der Waals surface area contributed by atoms with Gasteiger partial charge < -0.3 is 10.5 Å². The highest BCUT2D eigenvalue weighted by atomic mass is 32.1. The van der Waals surface area contributed by atoms with Crippen molar-refractivity contribution in [3.8, 4) is 5.75 Å². The van der Waals surface area contributed by atoms with Crippen molar-refractivity contribution in [2.24, 2.45) is 5.73 Å². The van der Waals surface area contributed by atoms with E-state index in [1.807, 2.05) is 43.5 Å². The molecule has 0 aliphatic rings. The van der Waals surface area contributed by atoms with Crippen molar-refractivity contribution in [3.05, 3.63) is 52.2 Å². The molecule has 0 bridgehead atoms. The van der Waals surface area contributed by atoms with Gasteiger partial charge in [-0.25, -0.2) is 0 Å². The molecule has 0 amide bonds. The molecular weight excluding hydrogens is 230 g/mol. The normalized spacial score (nSPS) is 12.7. The van der Waals surface area contributed by atoms with Gasteiger partial charge in [-0.1, -0.05) is 12.1 Å². The smallest absolute Gasteiger partial charge is 0.119 e. The molecule has 0 spiro atoms. The van der Waals surface area contributed by atoms with Crippen LogP contribution in [0.2, 0.25) is 0 Å². The first-order valence-corrected chi connectivity index (χ1v) is 6.65. The summed E-state index contributed by atoms with van der Waals surface area (Å²) in [5, 5.41) is 4.13. The highest BCUT2D eigenvalue weighted by Crippen LogP contribution is 2.23. The summed E-state index contributed by atoms with van der Waals surface area (Å²) in [6.07, 6.45) is 0.200. The fourth-order valence-corrected chi connectivity index (χ4v) is 2.37. The molecule has 2 aromatic rings. The first kappa shape index (κ1) is 12.1. The third kappa shape index (κ3) is 3.08. The van der Waals surface area contributed by atoms with Gasteiger partial charge in [-0.2, -0.15) is 11.3 Å². The second kappa shape index (κ2) is 5.34. The summed E-state index contributed by atoms with van der Waals surface area (Å²) in [6.45, 7) is 4.04. The summed E-state index contributed by atoms with van der Waals surface area (Å²) in [7, 11) is 0. The number of thiophene rings is 1. The molecule has 1 atom stereocenters. The predicted octanol–water partition coefficient (Wildman–Crippen LogP) is 3.58. The van der Waals surface area contributed by atoms with Crippen LogP contribution in [0.3, 0.4) is 0 Å². The SMILES string of the molecule is CC(C)Oc1ccc([C@H](N)c2ccsc2)cc1. The number of benzene rings is 1. The van der Waals surface area contributed by atoms with Gasteiger partial charge in [0.15, 0.2) is 0 Å². The maximum Gasteiger partial charge on any atom is 0.119 e. The summed E-state index contributed by atoms with van der Waals surface area (Å²) in [5.41, 5.74) is 8.45. The molecule has 3 heteroatoms. The number of rotatable bonds is 4. The van der Waals surface area contributed by atoms with Crippen molar-refractivity contribution < 1.29 is 4.74 Å². The molecule has 0 radical (unpaired) electrons. The van der Waals surface area contributed by atoms with Crippen molar-refractivity contribution in [1.82, 2.24) is 0 Å². The molecule has 2 rings (SSSR count). The lowest BCUT2D eigenvalue weighted by Gasteiger charge is -2.13. The monoisotopic (exact) mass is 247 g/mol. The predicted molar refractivity (Wildman–Crippen MR) is 72.6 cm³/mol. The highest BCUT2D eigenvalue weighted by Gasteiger charge is 2.09. The van der Waals surface area contributed by atoms with E-state index >= 15 is 0 Å². The summed E-state index contributed by atoms with van der Waals surface area (Å²) in [4.78, 5) is 0. The van der Waals surface area contributed by atoms with Gasteiger partial charge in [0.25, 0.3) is 0 Å². The fraction of sp³-hybridized carbons (Fsp3) is 0.286. The largest absolute Gasteiger partial charge is 0.491 e. The lowest BCUT2D eigenvalue weighted by atomic mass is 10.0. The van der Waals surface area contributed by atoms with Crippen molar-refractivity contribution in [2.75, 3.05) is 0 Å². The van der Waals surface area contributed by atoms with Gasteiger partial charge in [0.1, 0.15) is 5.75 Å². The van der Waals surface area contributed by atoms with Crippen molar-refractivity contribution >= 4 is 11.3 Å². The molecule has 0 aliphatic carbocycles. The minimum absolute atomic E-state index is 0.0469. The van der Waals surface area contributed by atoms with Crippen molar-refractivity contribution in [2.45, 2.75) is 26.0 Å². The Morgan fingerprint density at radius 1 is 1.06 bits per heavy atom. The van der Waals surface area contributed by atoms with Gasteiger partial charge in [-0.15, -0.1) is 0 Å². The molecule has 0 saturated heterocycles. The Bertz CT molecular complexity index is 448. The van der Waals surface area contributed by atoms with Crippen LogP contribution in [0, 0.1) is 0 Å². The molecule has 90 valence electrons. The molecule has 0 saturated carbocycles. The molecule has 1 aromatic carbocycles. The molecular formula is C14H17NOS. The fourth-order valence-electron chi connectivity index (χ4n) is 1.67. The lowest BCUT2D eigenvalue weighted by molar-refractivity contribution is 0.242. The first-order chi connectivity index (χ1) is 8.16.